The van der Waals surface area contributed by atoms with E-state index >= 15 is 26.3 Å². The Labute approximate surface area is 692 Å². The summed E-state index contributed by atoms with van der Waals surface area (Å²) in [5.41, 5.74) is -2.78. The molecule has 5 aromatic rings. The molecule has 0 fully saturated rings. The van der Waals surface area contributed by atoms with E-state index < -0.39 is 302 Å². The van der Waals surface area contributed by atoms with Crippen LogP contribution in [0.5, 0.6) is 28.7 Å². The highest BCUT2D eigenvalue weighted by molar-refractivity contribution is 7.91. The van der Waals surface area contributed by atoms with Crippen LogP contribution in [0.15, 0.2) is 121 Å². The Kier molecular flexibility index (Phi) is 29.8. The van der Waals surface area contributed by atoms with Gasteiger partial charge in [0, 0.05) is 0 Å². The van der Waals surface area contributed by atoms with E-state index in [1.807, 2.05) is 0 Å². The van der Waals surface area contributed by atoms with Crippen molar-refractivity contribution in [3.63, 3.8) is 0 Å². The van der Waals surface area contributed by atoms with E-state index in [1.54, 1.807) is 0 Å². The van der Waals surface area contributed by atoms with Gasteiger partial charge in [-0.15, -0.1) is 0 Å². The molecule has 0 saturated heterocycles. The zero-order chi connectivity index (χ0) is 99.4. The van der Waals surface area contributed by atoms with Crippen molar-refractivity contribution < 1.29 is 260 Å². The molecule has 5 unspecified atom stereocenters. The molecular formula is C57H46F30O30S10. The van der Waals surface area contributed by atoms with Crippen molar-refractivity contribution in [1.82, 2.24) is 0 Å². The first-order valence-electron chi connectivity index (χ1n) is 31.8. The van der Waals surface area contributed by atoms with Crippen molar-refractivity contribution in [2.75, 3.05) is 0 Å². The first-order chi connectivity index (χ1) is 56.1. The maximum Gasteiger partial charge on any atom is 0.450 e. The van der Waals surface area contributed by atoms with Gasteiger partial charge < -0.3 is 20.9 Å². The molecule has 5 N–H and O–H groups in total. The van der Waals surface area contributed by atoms with Crippen LogP contribution in [0.3, 0.4) is 0 Å². The van der Waals surface area contributed by atoms with Gasteiger partial charge in [0.25, 0.3) is 0 Å². The van der Waals surface area contributed by atoms with Crippen molar-refractivity contribution in [2.24, 2.45) is 0 Å². The minimum atomic E-state index is -7.84. The Morgan fingerprint density at radius 1 is 0.220 bits per heavy atom. The lowest BCUT2D eigenvalue weighted by Gasteiger charge is -2.32. The zero-order valence-corrected chi connectivity index (χ0v) is 68.5. The van der Waals surface area contributed by atoms with Crippen molar-refractivity contribution in [1.29, 1.82) is 0 Å². The quantitative estimate of drug-likeness (QED) is 0.0137. The highest BCUT2D eigenvalue weighted by atomic mass is 32.3. The van der Waals surface area contributed by atoms with Crippen LogP contribution in [-0.2, 0) is 101 Å². The monoisotopic (exact) mass is 2100 g/mol. The van der Waals surface area contributed by atoms with Gasteiger partial charge in [0.15, 0.2) is 0 Å². The molecule has 0 bridgehead atoms. The normalized spacial score (nSPS) is 16.2. The molecule has 0 aliphatic carbocycles. The lowest BCUT2D eigenvalue weighted by atomic mass is 9.73. The van der Waals surface area contributed by atoms with E-state index in [9.17, 15) is 190 Å². The van der Waals surface area contributed by atoms with Crippen LogP contribution in [-0.4, -0.2) is 189 Å². The summed E-state index contributed by atoms with van der Waals surface area (Å²) >= 11 is 0. The summed E-state index contributed by atoms with van der Waals surface area (Å²) in [4.78, 5) is 0. The molecule has 0 aliphatic rings. The molecule has 0 aromatic heterocycles. The van der Waals surface area contributed by atoms with Gasteiger partial charge in [-0.05, 0) is 150 Å². The molecule has 0 spiro atoms. The van der Waals surface area contributed by atoms with Gasteiger partial charge in [-0.2, -0.15) is 216 Å². The fourth-order valence-electron chi connectivity index (χ4n) is 10.6. The molecular weight excluding hydrogens is 2060 g/mol. The smallest absolute Gasteiger partial charge is 0.378 e. The van der Waals surface area contributed by atoms with Crippen molar-refractivity contribution >= 4 is 101 Å². The fourth-order valence-corrected chi connectivity index (χ4v) is 17.7. The second kappa shape index (κ2) is 34.5. The molecule has 0 radical (unpaired) electrons. The summed E-state index contributed by atoms with van der Waals surface area (Å²) in [6, 6.07) is 5.65. The standard InChI is InChI=1S/C57H46F30O30S10/c1-3-29(31-6-16-39(17-7-31)114-124(105,106)54(80,81)44(60,61)49(70,71)119(91,92)93)25-36(33-10-20-41(21-11-33)116-126(109,110)56(84,85)46(64,65)51(74,75)121(97,98)99)27-37(34-12-22-42(23-13-34)117-127(111,112)57(86,87)47(66,67)52(76,77)122(100,101)102)26-35(32-8-18-40(19-9-32)115-125(107,108)55(82,83)45(62,63)50(72,73)120(94,95)96)24-28(2)30-4-14-38(15-5-30)113-123(103,104)53(78,79)43(58,59)48(68,69)118(88,89)90/h4-23,28-29,35-37H,3,24-27H2,1-2H3,(H,88,89,90)(H,91,92,93)(H,94,95,96)(H,97,98,99)(H,100,101,102). The molecule has 0 heterocycles. The van der Waals surface area contributed by atoms with Gasteiger partial charge in [-0.1, -0.05) is 74.5 Å². The molecule has 30 nitrogen and oxygen atoms in total. The summed E-state index contributed by atoms with van der Waals surface area (Å²) in [6.45, 7) is 2.08. The van der Waals surface area contributed by atoms with Crippen LogP contribution in [0.4, 0.5) is 132 Å². The Hall–Kier alpha value is -7.70. The van der Waals surface area contributed by atoms with Gasteiger partial charge >= 0.3 is 183 Å². The first kappa shape index (κ1) is 110. The molecule has 5 atom stereocenters. The summed E-state index contributed by atoms with van der Waals surface area (Å²) < 4.78 is 737. The van der Waals surface area contributed by atoms with Crippen molar-refractivity contribution in [3.8, 4) is 28.7 Å². The summed E-state index contributed by atoms with van der Waals surface area (Å²) in [7, 11) is -77.3. The number of benzene rings is 5. The van der Waals surface area contributed by atoms with Crippen LogP contribution in [0.1, 0.15) is 103 Å². The Morgan fingerprint density at radius 3 is 0.504 bits per heavy atom. The Balaban J connectivity index is 1.89. The maximum absolute atomic E-state index is 15.1. The summed E-state index contributed by atoms with van der Waals surface area (Å²) in [5, 5.41) is -74.3. The third-order valence-corrected chi connectivity index (χ3v) is 28.6. The number of halogens is 30. The summed E-state index contributed by atoms with van der Waals surface area (Å²) in [5.74, 6) is -55.9. The lowest BCUT2D eigenvalue weighted by molar-refractivity contribution is -0.247. The SMILES string of the molecule is CCC(CC(CC(CC(CC(C)c1ccc(OS(=O)(=O)C(F)(F)C(F)(F)C(F)(F)S(=O)(=O)O)cc1)c1ccc(OS(=O)(=O)C(F)(F)C(F)(F)C(F)(F)S(=O)(=O)O)cc1)c1ccc(OS(=O)(=O)C(F)(F)C(F)(F)C(F)(F)S(=O)(=O)O)cc1)c1ccc(OS(=O)(=O)C(F)(F)C(F)(F)C(F)(F)S(=O)(=O)O)cc1)c1ccc(OS(=O)(=O)C(F)(F)C(F)(F)C(F)(F)S(=O)(=O)O)cc1. The van der Waals surface area contributed by atoms with Gasteiger partial charge in [-0.3, -0.25) is 22.8 Å². The molecule has 0 amide bonds. The minimum Gasteiger partial charge on any atom is -0.378 e. The van der Waals surface area contributed by atoms with E-state index in [4.69, 9.17) is 22.8 Å². The minimum absolute atomic E-state index is 0.0494. The highest BCUT2D eigenvalue weighted by Gasteiger charge is 2.88. The number of rotatable bonds is 44. The van der Waals surface area contributed by atoms with Crippen LogP contribution in [0.25, 0.3) is 0 Å². The predicted octanol–water partition coefficient (Wildman–Crippen LogP) is 14.0. The molecule has 0 aliphatic heterocycles. The van der Waals surface area contributed by atoms with Crippen molar-refractivity contribution in [2.45, 2.75) is 158 Å². The van der Waals surface area contributed by atoms with E-state index in [2.05, 4.69) is 20.9 Å². The van der Waals surface area contributed by atoms with Crippen LogP contribution in [0.2, 0.25) is 0 Å². The third-order valence-electron chi connectivity index (χ3n) is 17.6. The highest BCUT2D eigenvalue weighted by Crippen LogP contribution is 2.58. The molecule has 5 rings (SSSR count). The fraction of sp³-hybridized carbons (Fsp3) is 0.474. The summed E-state index contributed by atoms with van der Waals surface area (Å²) in [6.07, 6.45) is -4.46. The Bertz CT molecular complexity index is 6130. The van der Waals surface area contributed by atoms with Gasteiger partial charge in [-0.25, -0.2) is 0 Å². The topological polar surface area (TPSA) is 489 Å². The number of alkyl halides is 30. The van der Waals surface area contributed by atoms with E-state index in [0.717, 1.165) is 13.8 Å². The zero-order valence-electron chi connectivity index (χ0n) is 60.3. The molecule has 0 saturated carbocycles. The lowest BCUT2D eigenvalue weighted by Crippen LogP contribution is -2.61. The molecule has 127 heavy (non-hydrogen) atoms. The van der Waals surface area contributed by atoms with E-state index in [1.165, 1.54) is 0 Å². The number of hydrogen-bond donors (Lipinski definition) is 5. The number of hydrogen-bond acceptors (Lipinski definition) is 25. The van der Waals surface area contributed by atoms with Gasteiger partial charge in [0.1, 0.15) is 28.7 Å². The molecule has 724 valence electrons. The third kappa shape index (κ3) is 19.7. The second-order valence-corrected chi connectivity index (χ2v) is 41.2. The van der Waals surface area contributed by atoms with Crippen LogP contribution in [0, 0.1) is 0 Å². The molecule has 5 aromatic carbocycles. The van der Waals surface area contributed by atoms with Gasteiger partial charge in [0.2, 0.25) is 0 Å². The van der Waals surface area contributed by atoms with E-state index in [0.29, 0.717) is 60.7 Å². The molecule has 70 heteroatoms. The second-order valence-electron chi connectivity index (χ2n) is 26.0. The predicted molar refractivity (Wildman–Crippen MR) is 360 cm³/mol. The van der Waals surface area contributed by atoms with Gasteiger partial charge in [0.05, 0.1) is 0 Å². The largest absolute Gasteiger partial charge is 0.450 e. The van der Waals surface area contributed by atoms with Crippen LogP contribution >= 0.6 is 0 Å². The van der Waals surface area contributed by atoms with E-state index in [-0.39, 0.29) is 60.7 Å². The Morgan fingerprint density at radius 2 is 0.354 bits per heavy atom. The average Bonchev–Trinajstić information content (AvgIpc) is 0.741. The van der Waals surface area contributed by atoms with Crippen molar-refractivity contribution in [3.05, 3.63) is 149 Å². The average molecular weight is 2100 g/mol. The maximum atomic E-state index is 15.1. The van der Waals surface area contributed by atoms with Crippen LogP contribution < -0.4 is 20.9 Å². The first-order valence-corrected chi connectivity index (χ1v) is 46.1.